The molecule has 2 atom stereocenters. The number of benzene rings is 2. The average Bonchev–Trinajstić information content (AvgIpc) is 3.11. The lowest BCUT2D eigenvalue weighted by Gasteiger charge is -2.09. The van der Waals surface area contributed by atoms with E-state index >= 15 is 0 Å². The van der Waals surface area contributed by atoms with Crippen LogP contribution >= 0.6 is 11.8 Å². The van der Waals surface area contributed by atoms with Crippen molar-refractivity contribution in [2.75, 3.05) is 22.1 Å². The Kier molecular flexibility index (Phi) is 4.88. The van der Waals surface area contributed by atoms with Crippen LogP contribution in [0.2, 0.25) is 0 Å². The molecule has 2 aliphatic heterocycles. The first-order chi connectivity index (χ1) is 13.3. The molecule has 2 aromatic carbocycles. The summed E-state index contributed by atoms with van der Waals surface area (Å²) in [4.78, 5) is 16.8. The van der Waals surface area contributed by atoms with Crippen LogP contribution in [0.5, 0.6) is 0 Å². The van der Waals surface area contributed by atoms with Crippen molar-refractivity contribution in [3.05, 3.63) is 59.4 Å². The van der Waals surface area contributed by atoms with Crippen molar-refractivity contribution in [1.29, 1.82) is 0 Å². The second kappa shape index (κ2) is 7.21. The highest BCUT2D eigenvalue weighted by atomic mass is 32.2. The molecule has 2 aliphatic rings. The number of anilines is 2. The summed E-state index contributed by atoms with van der Waals surface area (Å²) in [6, 6.07) is 11.2. The molecule has 2 N–H and O–H groups in total. The Bertz CT molecular complexity index is 1070. The summed E-state index contributed by atoms with van der Waals surface area (Å²) in [5.41, 5.74) is 2.11. The molecular formula is C19H18FN3O3S2. The number of aliphatic imine (C=N–C) groups is 1. The van der Waals surface area contributed by atoms with Gasteiger partial charge in [-0.3, -0.25) is 9.79 Å². The summed E-state index contributed by atoms with van der Waals surface area (Å²) < 4.78 is 36.8. The number of halogens is 1. The topological polar surface area (TPSA) is 87.6 Å². The average molecular weight is 420 g/mol. The maximum atomic E-state index is 13.6. The first-order valence-corrected chi connectivity index (χ1v) is 11.4. The minimum absolute atomic E-state index is 0.0209. The Morgan fingerprint density at radius 2 is 1.86 bits per heavy atom. The third-order valence-electron chi connectivity index (χ3n) is 4.65. The monoisotopic (exact) mass is 419 g/mol. The summed E-state index contributed by atoms with van der Waals surface area (Å²) in [6.45, 7) is 1.66. The van der Waals surface area contributed by atoms with Gasteiger partial charge in [0.05, 0.1) is 17.5 Å². The highest BCUT2D eigenvalue weighted by Crippen LogP contribution is 2.34. The maximum absolute atomic E-state index is 13.6. The molecule has 0 spiro atoms. The van der Waals surface area contributed by atoms with E-state index < -0.39 is 9.84 Å². The lowest BCUT2D eigenvalue weighted by atomic mass is 10.1. The third kappa shape index (κ3) is 4.05. The summed E-state index contributed by atoms with van der Waals surface area (Å²) in [5.74, 6) is -0.434. The van der Waals surface area contributed by atoms with Gasteiger partial charge in [-0.25, -0.2) is 12.8 Å². The quantitative estimate of drug-likeness (QED) is 0.798. The van der Waals surface area contributed by atoms with Gasteiger partial charge in [0.1, 0.15) is 5.82 Å². The zero-order chi connectivity index (χ0) is 19.9. The molecular weight excluding hydrogens is 401 g/mol. The van der Waals surface area contributed by atoms with E-state index in [1.54, 1.807) is 43.3 Å². The first-order valence-electron chi connectivity index (χ1n) is 8.68. The van der Waals surface area contributed by atoms with Crippen molar-refractivity contribution in [3.8, 4) is 0 Å². The predicted molar refractivity (Wildman–Crippen MR) is 110 cm³/mol. The van der Waals surface area contributed by atoms with Crippen LogP contribution in [0.3, 0.4) is 0 Å². The highest BCUT2D eigenvalue weighted by Gasteiger charge is 2.42. The number of rotatable bonds is 3. The van der Waals surface area contributed by atoms with Crippen molar-refractivity contribution >= 4 is 44.0 Å². The Hall–Kier alpha value is -2.39. The number of carbonyl (C=O) groups excluding carboxylic acids is 1. The molecule has 9 heteroatoms. The fourth-order valence-electron chi connectivity index (χ4n) is 3.12. The van der Waals surface area contributed by atoms with Gasteiger partial charge in [0.25, 0.3) is 5.91 Å². The van der Waals surface area contributed by atoms with Crippen molar-refractivity contribution < 1.29 is 17.6 Å². The largest absolute Gasteiger partial charge is 0.335 e. The van der Waals surface area contributed by atoms with Gasteiger partial charge < -0.3 is 10.6 Å². The standard InChI is InChI=1S/C19H18FN3O3S2/c1-11-2-5-14(8-15(11)20)21-18(24)12-3-6-13(7-4-12)22-19-23-16-9-28(25,26)10-17(16)27-19/h2-8,16-17H,9-10H2,1H3,(H,21,24)(H,22,23). The maximum Gasteiger partial charge on any atom is 0.255 e. The smallest absolute Gasteiger partial charge is 0.255 e. The Labute approximate surface area is 166 Å². The lowest BCUT2D eigenvalue weighted by Crippen LogP contribution is -2.13. The second-order valence-electron chi connectivity index (χ2n) is 6.86. The fraction of sp³-hybridized carbons (Fsp3) is 0.263. The molecule has 0 saturated carbocycles. The molecule has 0 radical (unpaired) electrons. The molecule has 1 fully saturated rings. The number of carbonyl (C=O) groups is 1. The summed E-state index contributed by atoms with van der Waals surface area (Å²) in [6.07, 6.45) is 0. The van der Waals surface area contributed by atoms with E-state index in [2.05, 4.69) is 15.6 Å². The van der Waals surface area contributed by atoms with Crippen molar-refractivity contribution in [2.45, 2.75) is 18.2 Å². The molecule has 2 unspecified atom stereocenters. The normalized spacial score (nSPS) is 22.4. The van der Waals surface area contributed by atoms with Gasteiger partial charge in [0.15, 0.2) is 15.0 Å². The molecule has 146 valence electrons. The highest BCUT2D eigenvalue weighted by molar-refractivity contribution is 8.15. The van der Waals surface area contributed by atoms with Crippen LogP contribution in [0, 0.1) is 12.7 Å². The van der Waals surface area contributed by atoms with Gasteiger partial charge in [-0.1, -0.05) is 17.8 Å². The molecule has 2 heterocycles. The molecule has 2 aromatic rings. The molecule has 0 aromatic heterocycles. The Morgan fingerprint density at radius 3 is 2.54 bits per heavy atom. The predicted octanol–water partition coefficient (Wildman–Crippen LogP) is 3.07. The molecule has 0 aliphatic carbocycles. The number of amidine groups is 1. The van der Waals surface area contributed by atoms with Gasteiger partial charge in [-0.2, -0.15) is 0 Å². The van der Waals surface area contributed by atoms with Crippen LogP contribution in [0.1, 0.15) is 15.9 Å². The van der Waals surface area contributed by atoms with Crippen LogP contribution < -0.4 is 10.6 Å². The van der Waals surface area contributed by atoms with Crippen LogP contribution in [0.15, 0.2) is 47.5 Å². The van der Waals surface area contributed by atoms with Crippen molar-refractivity contribution in [3.63, 3.8) is 0 Å². The summed E-state index contributed by atoms with van der Waals surface area (Å²) in [5, 5.41) is 6.50. The minimum Gasteiger partial charge on any atom is -0.335 e. The molecule has 1 amide bonds. The first kappa shape index (κ1) is 18.9. The minimum atomic E-state index is -2.97. The second-order valence-corrected chi connectivity index (χ2v) is 10.2. The van der Waals surface area contributed by atoms with Gasteiger partial charge >= 0.3 is 0 Å². The van der Waals surface area contributed by atoms with E-state index in [-0.39, 0.29) is 34.5 Å². The molecule has 0 bridgehead atoms. The Morgan fingerprint density at radius 1 is 1.14 bits per heavy atom. The zero-order valence-electron chi connectivity index (χ0n) is 15.0. The number of hydrogen-bond acceptors (Lipinski definition) is 6. The SMILES string of the molecule is Cc1ccc(NC(=O)c2ccc(NC3=NC4CS(=O)(=O)CC4S3)cc2)cc1F. The van der Waals surface area contributed by atoms with E-state index in [0.717, 1.165) is 5.69 Å². The summed E-state index contributed by atoms with van der Waals surface area (Å²) >= 11 is 1.44. The van der Waals surface area contributed by atoms with Gasteiger partial charge in [-0.15, -0.1) is 0 Å². The number of nitrogens with zero attached hydrogens (tertiary/aromatic N) is 1. The Balaban J connectivity index is 1.39. The summed E-state index contributed by atoms with van der Waals surface area (Å²) in [7, 11) is -2.97. The lowest BCUT2D eigenvalue weighted by molar-refractivity contribution is 0.102. The number of thioether (sulfide) groups is 1. The van der Waals surface area contributed by atoms with E-state index in [4.69, 9.17) is 0 Å². The van der Waals surface area contributed by atoms with E-state index in [1.807, 2.05) is 0 Å². The number of nitrogens with one attached hydrogen (secondary N) is 2. The zero-order valence-corrected chi connectivity index (χ0v) is 16.6. The van der Waals surface area contributed by atoms with E-state index in [1.165, 1.54) is 17.8 Å². The van der Waals surface area contributed by atoms with Gasteiger partial charge in [-0.05, 0) is 48.9 Å². The van der Waals surface area contributed by atoms with Crippen LogP contribution in [0.4, 0.5) is 15.8 Å². The van der Waals surface area contributed by atoms with Crippen LogP contribution in [-0.4, -0.2) is 42.3 Å². The number of hydrogen-bond donors (Lipinski definition) is 2. The van der Waals surface area contributed by atoms with Crippen molar-refractivity contribution in [1.82, 2.24) is 0 Å². The van der Waals surface area contributed by atoms with Crippen LogP contribution in [0.25, 0.3) is 0 Å². The number of aryl methyl sites for hydroxylation is 1. The molecule has 4 rings (SSSR count). The molecule has 6 nitrogen and oxygen atoms in total. The van der Waals surface area contributed by atoms with E-state index in [9.17, 15) is 17.6 Å². The van der Waals surface area contributed by atoms with Crippen LogP contribution in [-0.2, 0) is 9.84 Å². The fourth-order valence-corrected chi connectivity index (χ4v) is 6.79. The van der Waals surface area contributed by atoms with Crippen molar-refractivity contribution in [2.24, 2.45) is 4.99 Å². The number of sulfone groups is 1. The van der Waals surface area contributed by atoms with E-state index in [0.29, 0.717) is 22.0 Å². The third-order valence-corrected chi connectivity index (χ3v) is 7.79. The van der Waals surface area contributed by atoms with Gasteiger partial charge in [0, 0.05) is 22.2 Å². The van der Waals surface area contributed by atoms with Gasteiger partial charge in [0.2, 0.25) is 0 Å². The molecule has 28 heavy (non-hydrogen) atoms. The molecule has 1 saturated heterocycles. The number of fused-ring (bicyclic) bond motifs is 1. The number of amides is 1.